The summed E-state index contributed by atoms with van der Waals surface area (Å²) in [7, 11) is 0. The van der Waals surface area contributed by atoms with Crippen molar-refractivity contribution in [2.75, 3.05) is 0 Å². The number of allylic oxidation sites excluding steroid dienone is 2. The average molecular weight is 695 g/mol. The molecule has 0 N–H and O–H groups in total. The fraction of sp³-hybridized carbons (Fsp3) is 0.0526. The molecule has 2 unspecified atom stereocenters. The van der Waals surface area contributed by atoms with E-state index >= 15 is 0 Å². The third-order valence-corrected chi connectivity index (χ3v) is 14.5. The van der Waals surface area contributed by atoms with E-state index in [1.807, 2.05) is 24.3 Å². The van der Waals surface area contributed by atoms with E-state index in [-0.39, 0.29) is 0 Å². The predicted molar refractivity (Wildman–Crippen MR) is 163 cm³/mol. The van der Waals surface area contributed by atoms with Gasteiger partial charge in [-0.25, -0.2) is 0 Å². The molecule has 2 aliphatic rings. The Morgan fingerprint density at radius 3 is 1.24 bits per heavy atom. The van der Waals surface area contributed by atoms with Gasteiger partial charge in [-0.1, -0.05) is 60.7 Å². The smallest absolute Gasteiger partial charge is 0.0184 e. The Bertz CT molecular complexity index is 1660. The van der Waals surface area contributed by atoms with Crippen molar-refractivity contribution in [3.63, 3.8) is 0 Å². The molecular formula is C38H28HfO2. The molecule has 0 saturated heterocycles. The first-order chi connectivity index (χ1) is 20.3. The molecule has 2 aliphatic carbocycles. The summed E-state index contributed by atoms with van der Waals surface area (Å²) in [6.07, 6.45) is 8.23. The molecule has 3 heteroatoms. The Morgan fingerprint density at radius 1 is 0.415 bits per heavy atom. The van der Waals surface area contributed by atoms with Crippen LogP contribution in [0, 0.1) is 0 Å². The van der Waals surface area contributed by atoms with Crippen LogP contribution >= 0.6 is 0 Å². The minimum atomic E-state index is -1.30. The number of fused-ring (bicyclic) bond motifs is 2. The molecule has 196 valence electrons. The van der Waals surface area contributed by atoms with Gasteiger partial charge in [0.2, 0.25) is 0 Å². The van der Waals surface area contributed by atoms with Crippen LogP contribution in [0.3, 0.4) is 0 Å². The summed E-state index contributed by atoms with van der Waals surface area (Å²) in [4.78, 5) is 0. The molecule has 2 aromatic heterocycles. The largest absolute Gasteiger partial charge is 0.0622 e. The van der Waals surface area contributed by atoms with Gasteiger partial charge >= 0.3 is 181 Å². The molecule has 0 spiro atoms. The summed E-state index contributed by atoms with van der Waals surface area (Å²) < 4.78 is 12.6. The first-order valence-electron chi connectivity index (χ1n) is 13.9. The van der Waals surface area contributed by atoms with E-state index < -0.39 is 22.9 Å². The van der Waals surface area contributed by atoms with Crippen LogP contribution in [-0.2, 0) is 22.9 Å². The summed E-state index contributed by atoms with van der Waals surface area (Å²) in [5.74, 6) is 2.02. The zero-order valence-electron chi connectivity index (χ0n) is 22.5. The molecule has 0 radical (unpaired) electrons. The standard InChI is InChI=1S/2C13H9O.C12H10.Hf/c2*1-2-5-11-9-12(8-10(11)4-1)13-6-3-7-14-13;1-3-7-11(8-4-1)12-9-5-2-6-10-12;/h2*1-9H;1-10H;. The second kappa shape index (κ2) is 11.7. The van der Waals surface area contributed by atoms with Gasteiger partial charge in [-0.2, -0.15) is 0 Å². The average Bonchev–Trinajstić information content (AvgIpc) is 3.86. The minimum Gasteiger partial charge on any atom is -0.0622 e. The summed E-state index contributed by atoms with van der Waals surface area (Å²) in [5.41, 5.74) is 10.9. The molecule has 2 heterocycles. The van der Waals surface area contributed by atoms with E-state index in [1.165, 1.54) is 44.5 Å². The Labute approximate surface area is 252 Å². The van der Waals surface area contributed by atoms with Crippen molar-refractivity contribution in [2.45, 2.75) is 7.35 Å². The Balaban J connectivity index is 0.000000193. The summed E-state index contributed by atoms with van der Waals surface area (Å²) >= 11 is -1.30. The van der Waals surface area contributed by atoms with Crippen LogP contribution in [0.2, 0.25) is 0 Å². The van der Waals surface area contributed by atoms with Crippen molar-refractivity contribution in [1.82, 2.24) is 0 Å². The van der Waals surface area contributed by atoms with E-state index in [1.54, 1.807) is 12.5 Å². The van der Waals surface area contributed by atoms with Crippen LogP contribution in [-0.4, -0.2) is 0 Å². The zero-order valence-corrected chi connectivity index (χ0v) is 26.1. The van der Waals surface area contributed by atoms with E-state index in [4.69, 9.17) is 8.83 Å². The fourth-order valence-electron chi connectivity index (χ4n) is 5.75. The molecule has 0 aliphatic heterocycles. The van der Waals surface area contributed by atoms with Crippen LogP contribution in [0.25, 0.3) is 34.4 Å². The normalized spacial score (nSPS) is 16.6. The molecule has 0 bridgehead atoms. The Hall–Kier alpha value is -4.21. The Kier molecular flexibility index (Phi) is 7.36. The van der Waals surface area contributed by atoms with Crippen molar-refractivity contribution in [2.24, 2.45) is 0 Å². The van der Waals surface area contributed by atoms with Crippen LogP contribution in [0.1, 0.15) is 41.1 Å². The molecule has 2 nitrogen and oxygen atoms in total. The van der Waals surface area contributed by atoms with Gasteiger partial charge in [-0.15, -0.1) is 0 Å². The molecule has 8 rings (SSSR count). The van der Waals surface area contributed by atoms with Crippen molar-refractivity contribution in [1.29, 1.82) is 0 Å². The maximum atomic E-state index is 5.84. The molecule has 6 aromatic rings. The second-order valence-electron chi connectivity index (χ2n) is 10.2. The number of furan rings is 2. The second-order valence-corrected chi connectivity index (χ2v) is 15.5. The SMILES string of the molecule is C1=C(c2ccco2)[CH]([Hf][CH]2C(c3ccco3)=Cc3ccccc32)c2ccccc21.c1ccc(-c2ccccc2)cc1. The maximum Gasteiger partial charge on any atom is -0.0184 e. The van der Waals surface area contributed by atoms with Crippen LogP contribution in [0.4, 0.5) is 0 Å². The van der Waals surface area contributed by atoms with Crippen molar-refractivity contribution in [3.05, 3.63) is 180 Å². The van der Waals surface area contributed by atoms with Gasteiger partial charge in [0, 0.05) is 0 Å². The zero-order chi connectivity index (χ0) is 27.4. The molecule has 2 atom stereocenters. The summed E-state index contributed by atoms with van der Waals surface area (Å²) in [6.45, 7) is 0. The molecule has 4 aromatic carbocycles. The van der Waals surface area contributed by atoms with E-state index in [0.29, 0.717) is 7.35 Å². The van der Waals surface area contributed by atoms with Crippen LogP contribution in [0.5, 0.6) is 0 Å². The number of hydrogen-bond donors (Lipinski definition) is 0. The summed E-state index contributed by atoms with van der Waals surface area (Å²) in [6, 6.07) is 46.6. The molecular weight excluding hydrogens is 667 g/mol. The maximum absolute atomic E-state index is 5.84. The van der Waals surface area contributed by atoms with E-state index in [9.17, 15) is 0 Å². The molecule has 0 saturated carbocycles. The van der Waals surface area contributed by atoms with Gasteiger partial charge in [0.1, 0.15) is 0 Å². The first kappa shape index (κ1) is 25.7. The van der Waals surface area contributed by atoms with Crippen LogP contribution in [0.15, 0.2) is 155 Å². The first-order valence-corrected chi connectivity index (χ1v) is 18.1. The van der Waals surface area contributed by atoms with Gasteiger partial charge in [0.05, 0.1) is 0 Å². The third kappa shape index (κ3) is 5.30. The van der Waals surface area contributed by atoms with Crippen molar-refractivity contribution >= 4 is 23.3 Å². The van der Waals surface area contributed by atoms with Crippen LogP contribution < -0.4 is 0 Å². The Morgan fingerprint density at radius 2 is 0.829 bits per heavy atom. The van der Waals surface area contributed by atoms with Gasteiger partial charge in [-0.05, 0) is 11.1 Å². The van der Waals surface area contributed by atoms with Gasteiger partial charge in [-0.3, -0.25) is 0 Å². The monoisotopic (exact) mass is 696 g/mol. The third-order valence-electron chi connectivity index (χ3n) is 7.68. The molecule has 41 heavy (non-hydrogen) atoms. The number of hydrogen-bond acceptors (Lipinski definition) is 2. The van der Waals surface area contributed by atoms with Gasteiger partial charge in [0.15, 0.2) is 0 Å². The van der Waals surface area contributed by atoms with E-state index in [2.05, 4.69) is 121 Å². The molecule has 0 fully saturated rings. The van der Waals surface area contributed by atoms with Gasteiger partial charge < -0.3 is 0 Å². The quantitative estimate of drug-likeness (QED) is 0.168. The number of benzene rings is 4. The van der Waals surface area contributed by atoms with Crippen molar-refractivity contribution < 1.29 is 31.7 Å². The van der Waals surface area contributed by atoms with Crippen molar-refractivity contribution in [3.8, 4) is 11.1 Å². The predicted octanol–water partition coefficient (Wildman–Crippen LogP) is 10.2. The fourth-order valence-corrected chi connectivity index (χ4v) is 13.0. The molecule has 0 amide bonds. The summed E-state index contributed by atoms with van der Waals surface area (Å²) in [5, 5.41) is 0. The number of rotatable bonds is 5. The van der Waals surface area contributed by atoms with Gasteiger partial charge in [0.25, 0.3) is 0 Å². The minimum absolute atomic E-state index is 0.479. The topological polar surface area (TPSA) is 26.3 Å². The van der Waals surface area contributed by atoms with E-state index in [0.717, 1.165) is 11.5 Å².